The number of amides is 2. The van der Waals surface area contributed by atoms with E-state index in [0.717, 1.165) is 70.5 Å². The molecule has 5 aliphatic rings. The second-order valence-corrected chi connectivity index (χ2v) is 21.8. The Balaban J connectivity index is 1.48. The summed E-state index contributed by atoms with van der Waals surface area (Å²) in [4.78, 5) is 61.5. The zero-order valence-electron chi connectivity index (χ0n) is 33.6. The summed E-state index contributed by atoms with van der Waals surface area (Å²) in [6.07, 6.45) is 13.0. The lowest BCUT2D eigenvalue weighted by Gasteiger charge is -2.44. The fourth-order valence-electron chi connectivity index (χ4n) is 9.78. The summed E-state index contributed by atoms with van der Waals surface area (Å²) in [6, 6.07) is -3.20. The van der Waals surface area contributed by atoms with E-state index in [0.29, 0.717) is 25.8 Å². The number of fused-ring (bicyclic) bond motifs is 1. The third-order valence-electron chi connectivity index (χ3n) is 13.6. The first-order valence-electron chi connectivity index (χ1n) is 20.5. The Hall–Kier alpha value is -2.64. The van der Waals surface area contributed by atoms with Gasteiger partial charge in [-0.05, 0) is 81.5 Å². The Labute approximate surface area is 323 Å². The van der Waals surface area contributed by atoms with Crippen LogP contribution in [0.1, 0.15) is 125 Å². The van der Waals surface area contributed by atoms with Crippen LogP contribution >= 0.6 is 0 Å². The number of likely N-dealkylation sites (tertiary alicyclic amines) is 1. The van der Waals surface area contributed by atoms with Crippen molar-refractivity contribution in [3.8, 4) is 0 Å². The van der Waals surface area contributed by atoms with E-state index in [4.69, 9.17) is 4.99 Å². The highest BCUT2D eigenvalue weighted by Gasteiger charge is 2.69. The lowest BCUT2D eigenvalue weighted by atomic mass is 9.70. The highest BCUT2D eigenvalue weighted by Crippen LogP contribution is 2.65. The number of aliphatic hydroxyl groups is 1. The molecule has 4 N–H and O–H groups in total. The number of amidine groups is 1. The van der Waals surface area contributed by atoms with E-state index in [9.17, 15) is 27.9 Å². The molecule has 2 amide bonds. The van der Waals surface area contributed by atoms with Crippen molar-refractivity contribution in [2.75, 3.05) is 25.4 Å². The quantitative estimate of drug-likeness (QED) is 0.0562. The number of hydrogen-bond donors (Lipinski definition) is 4. The number of carbonyl (C=O) groups excluding carboxylic acids is 4. The predicted octanol–water partition coefficient (Wildman–Crippen LogP) is 3.90. The van der Waals surface area contributed by atoms with E-state index in [2.05, 4.69) is 43.3 Å². The minimum absolute atomic E-state index is 0.00256. The molecule has 0 aromatic carbocycles. The zero-order chi connectivity index (χ0) is 39.7. The Bertz CT molecular complexity index is 1550. The number of sulfone groups is 1. The fourth-order valence-corrected chi connectivity index (χ4v) is 11.3. The molecule has 1 aliphatic heterocycles. The van der Waals surface area contributed by atoms with Crippen molar-refractivity contribution in [2.45, 2.75) is 159 Å². The molecule has 0 bridgehead atoms. The van der Waals surface area contributed by atoms with Gasteiger partial charge in [0.1, 0.15) is 24.8 Å². The predicted molar refractivity (Wildman–Crippen MR) is 211 cm³/mol. The molecular weight excluding hydrogens is 707 g/mol. The zero-order valence-corrected chi connectivity index (χ0v) is 34.4. The molecule has 0 aromatic rings. The molecule has 54 heavy (non-hydrogen) atoms. The first-order valence-corrected chi connectivity index (χ1v) is 22.1. The number of ketones is 1. The maximum Gasteiger partial charge on any atom is 0.289 e. The number of hydrogen-bond acceptors (Lipinski definition) is 9. The molecule has 4 aliphatic carbocycles. The summed E-state index contributed by atoms with van der Waals surface area (Å²) in [6.45, 7) is 15.2. The van der Waals surface area contributed by atoms with Gasteiger partial charge in [0.25, 0.3) is 5.91 Å². The molecule has 13 heteroatoms. The highest BCUT2D eigenvalue weighted by molar-refractivity contribution is 7.92. The molecule has 0 spiro atoms. The number of nitrogens with zero attached hydrogens (tertiary/aromatic N) is 2. The molecule has 0 radical (unpaired) electrons. The van der Waals surface area contributed by atoms with Crippen LogP contribution in [0.15, 0.2) is 17.6 Å². The van der Waals surface area contributed by atoms with E-state index in [1.54, 1.807) is 25.7 Å². The molecule has 4 saturated carbocycles. The minimum atomic E-state index is -3.53. The van der Waals surface area contributed by atoms with Gasteiger partial charge in [-0.25, -0.2) is 8.42 Å². The summed E-state index contributed by atoms with van der Waals surface area (Å²) in [5.41, 5.74) is -1.47. The molecule has 304 valence electrons. The number of Topliss-reactive ketones (excluding diaryl/α,β-unsaturated/α-hetero) is 1. The number of aldehydes is 1. The second kappa shape index (κ2) is 16.5. The second-order valence-electron chi connectivity index (χ2n) is 19.0. The Kier molecular flexibility index (Phi) is 12.9. The number of aliphatic imine (C=N–C) groups is 1. The number of nitrogens with one attached hydrogen (secondary N) is 3. The van der Waals surface area contributed by atoms with E-state index in [1.807, 2.05) is 0 Å². The SMILES string of the molecule is C=CCNC(=O)C(=O)C(CC1CC1)NC(C=O)C1C2C(CN1C(=O)C(N=C(CO)NC1(CS(=O)(=O)C(C)(C)C)CCCCC1)C1(C)CCCCC1)C2(C)C. The summed E-state index contributed by atoms with van der Waals surface area (Å²) in [7, 11) is -3.53. The molecule has 5 fully saturated rings. The van der Waals surface area contributed by atoms with Crippen LogP contribution in [0.25, 0.3) is 0 Å². The largest absolute Gasteiger partial charge is 0.388 e. The van der Waals surface area contributed by atoms with Crippen molar-refractivity contribution in [2.24, 2.45) is 33.6 Å². The standard InChI is InChI=1S/C41H67N5O7S/c1-8-21-42-36(50)34(49)29(22-27-15-16-27)43-30(24-47)33-32-28(39(32,5)6)23-46(33)37(51)35(40(7)17-11-9-12-18-40)44-31(25-48)45-41(19-13-10-14-20-41)26-54(52,53)38(2,3)4/h8,24,27-30,32-33,35,43,48H,1,9-23,25-26H2,2-7H3,(H,42,50)(H,44,45). The third kappa shape index (κ3) is 9.14. The van der Waals surface area contributed by atoms with E-state index >= 15 is 4.79 Å². The van der Waals surface area contributed by atoms with Crippen molar-refractivity contribution in [3.05, 3.63) is 12.7 Å². The summed E-state index contributed by atoms with van der Waals surface area (Å²) in [5, 5.41) is 20.1. The van der Waals surface area contributed by atoms with Gasteiger partial charge in [0.05, 0.1) is 34.2 Å². The monoisotopic (exact) mass is 773 g/mol. The topological polar surface area (TPSA) is 174 Å². The van der Waals surface area contributed by atoms with Gasteiger partial charge >= 0.3 is 0 Å². The number of piperidine rings is 1. The average Bonchev–Trinajstić information content (AvgIpc) is 3.98. The van der Waals surface area contributed by atoms with E-state index in [-0.39, 0.29) is 47.2 Å². The normalized spacial score (nSPS) is 27.9. The number of carbonyl (C=O) groups is 4. The van der Waals surface area contributed by atoms with Gasteiger partial charge in [0.2, 0.25) is 11.7 Å². The minimum Gasteiger partial charge on any atom is -0.388 e. The highest BCUT2D eigenvalue weighted by atomic mass is 32.2. The Morgan fingerprint density at radius 3 is 2.15 bits per heavy atom. The van der Waals surface area contributed by atoms with Gasteiger partial charge in [-0.15, -0.1) is 6.58 Å². The molecule has 1 saturated heterocycles. The van der Waals surface area contributed by atoms with Crippen LogP contribution < -0.4 is 16.0 Å². The van der Waals surface area contributed by atoms with Crippen molar-refractivity contribution in [1.82, 2.24) is 20.9 Å². The number of aliphatic hydroxyl groups excluding tert-OH is 1. The van der Waals surface area contributed by atoms with Crippen LogP contribution in [0.2, 0.25) is 0 Å². The molecular formula is C41H67N5O7S. The van der Waals surface area contributed by atoms with Gasteiger partial charge in [-0.2, -0.15) is 0 Å². The summed E-state index contributed by atoms with van der Waals surface area (Å²) in [5.74, 6) is -1.00. The van der Waals surface area contributed by atoms with E-state index in [1.165, 1.54) is 6.08 Å². The van der Waals surface area contributed by atoms with Crippen molar-refractivity contribution < 1.29 is 32.7 Å². The van der Waals surface area contributed by atoms with E-state index < -0.39 is 68.0 Å². The molecule has 12 nitrogen and oxygen atoms in total. The number of rotatable bonds is 17. The molecule has 5 rings (SSSR count). The third-order valence-corrected chi connectivity index (χ3v) is 16.4. The van der Waals surface area contributed by atoms with Crippen molar-refractivity contribution >= 4 is 39.6 Å². The maximum atomic E-state index is 15.2. The van der Waals surface area contributed by atoms with Crippen LogP contribution in [0.3, 0.4) is 0 Å². The van der Waals surface area contributed by atoms with Crippen LogP contribution in [0.5, 0.6) is 0 Å². The summed E-state index contributed by atoms with van der Waals surface area (Å²) >= 11 is 0. The fraction of sp³-hybridized carbons (Fsp3) is 0.829. The lowest BCUT2D eigenvalue weighted by molar-refractivity contribution is -0.141. The first-order chi connectivity index (χ1) is 25.3. The van der Waals surface area contributed by atoms with Gasteiger partial charge in [-0.3, -0.25) is 24.7 Å². The molecule has 1 heterocycles. The Morgan fingerprint density at radius 2 is 1.61 bits per heavy atom. The van der Waals surface area contributed by atoms with Crippen LogP contribution in [-0.4, -0.2) is 108 Å². The molecule has 0 aromatic heterocycles. The van der Waals surface area contributed by atoms with Gasteiger partial charge < -0.3 is 25.4 Å². The van der Waals surface area contributed by atoms with Gasteiger partial charge in [-0.1, -0.05) is 78.2 Å². The maximum absolute atomic E-state index is 15.2. The summed E-state index contributed by atoms with van der Waals surface area (Å²) < 4.78 is 26.2. The smallest absolute Gasteiger partial charge is 0.289 e. The molecule has 6 unspecified atom stereocenters. The van der Waals surface area contributed by atoms with Gasteiger partial charge in [0, 0.05) is 13.1 Å². The Morgan fingerprint density at radius 1 is 1.00 bits per heavy atom. The van der Waals surface area contributed by atoms with Crippen LogP contribution in [-0.2, 0) is 29.0 Å². The average molecular weight is 774 g/mol. The van der Waals surface area contributed by atoms with Crippen LogP contribution in [0, 0.1) is 28.6 Å². The van der Waals surface area contributed by atoms with Gasteiger partial charge in [0.15, 0.2) is 9.84 Å². The van der Waals surface area contributed by atoms with Crippen molar-refractivity contribution in [1.29, 1.82) is 0 Å². The first kappa shape index (κ1) is 42.5. The molecule has 6 atom stereocenters. The van der Waals surface area contributed by atoms with Crippen LogP contribution in [0.4, 0.5) is 0 Å². The lowest BCUT2D eigenvalue weighted by Crippen LogP contribution is -2.61. The van der Waals surface area contributed by atoms with Crippen molar-refractivity contribution in [3.63, 3.8) is 0 Å².